The van der Waals surface area contributed by atoms with Crippen molar-refractivity contribution in [3.8, 4) is 0 Å². The molecule has 0 spiro atoms. The van der Waals surface area contributed by atoms with Crippen LogP contribution in [0.2, 0.25) is 0 Å². The minimum atomic E-state index is 0.00363. The molecule has 0 saturated heterocycles. The van der Waals surface area contributed by atoms with Gasteiger partial charge in [0.15, 0.2) is 5.90 Å². The van der Waals surface area contributed by atoms with Crippen LogP contribution in [0.25, 0.3) is 0 Å². The third-order valence-electron chi connectivity index (χ3n) is 1.82. The lowest BCUT2D eigenvalue weighted by Crippen LogP contribution is -2.15. The van der Waals surface area contributed by atoms with Gasteiger partial charge in [-0.05, 0) is 6.42 Å². The Labute approximate surface area is 93.3 Å². The molecule has 0 unspecified atom stereocenters. The zero-order valence-corrected chi connectivity index (χ0v) is 9.94. The molecule has 0 fully saturated rings. The maximum atomic E-state index is 7.65. The van der Waals surface area contributed by atoms with Crippen molar-refractivity contribution in [2.75, 3.05) is 0 Å². The van der Waals surface area contributed by atoms with Gasteiger partial charge in [0.1, 0.15) is 4.88 Å². The number of ether oxygens (including phenoxy) is 1. The molecule has 0 atom stereocenters. The summed E-state index contributed by atoms with van der Waals surface area (Å²) in [6.07, 6.45) is 2.49. The highest BCUT2D eigenvalue weighted by Crippen LogP contribution is 2.15. The Kier molecular flexibility index (Phi) is 3.96. The van der Waals surface area contributed by atoms with E-state index in [9.17, 15) is 0 Å². The summed E-state index contributed by atoms with van der Waals surface area (Å²) in [4.78, 5) is 4.81. The maximum absolute atomic E-state index is 7.65. The summed E-state index contributed by atoms with van der Waals surface area (Å²) in [5.74, 6) is 0.140. The van der Waals surface area contributed by atoms with Crippen LogP contribution in [0.15, 0.2) is 6.20 Å². The lowest BCUT2D eigenvalue weighted by atomic mass is 10.2. The molecule has 0 bridgehead atoms. The van der Waals surface area contributed by atoms with Gasteiger partial charge in [-0.1, -0.05) is 20.8 Å². The molecule has 5 heteroatoms. The second-order valence-corrected chi connectivity index (χ2v) is 4.54. The predicted molar refractivity (Wildman–Crippen MR) is 62.0 cm³/mol. The second-order valence-electron chi connectivity index (χ2n) is 3.42. The highest BCUT2D eigenvalue weighted by atomic mass is 32.1. The largest absolute Gasteiger partial charge is 0.424 e. The smallest absolute Gasteiger partial charge is 0.232 e. The molecule has 0 aromatic carbocycles. The van der Waals surface area contributed by atoms with Crippen LogP contribution < -0.4 is 0 Å². The first-order chi connectivity index (χ1) is 7.04. The molecule has 0 aliphatic heterocycles. The summed E-state index contributed by atoms with van der Waals surface area (Å²) in [5, 5.41) is 16.1. The molecule has 15 heavy (non-hydrogen) atoms. The van der Waals surface area contributed by atoms with Gasteiger partial charge in [-0.15, -0.1) is 11.3 Å². The highest BCUT2D eigenvalue weighted by molar-refractivity contribution is 7.13. The predicted octanol–water partition coefficient (Wildman–Crippen LogP) is 2.68. The average Bonchev–Trinajstić information content (AvgIpc) is 2.65. The van der Waals surface area contributed by atoms with E-state index in [0.717, 1.165) is 11.4 Å². The molecule has 0 radical (unpaired) electrons. The molecule has 1 heterocycles. The van der Waals surface area contributed by atoms with Gasteiger partial charge >= 0.3 is 0 Å². The fraction of sp³-hybridized carbons (Fsp3) is 0.500. The van der Waals surface area contributed by atoms with Gasteiger partial charge in [0.2, 0.25) is 5.90 Å². The Balaban J connectivity index is 2.65. The minimum Gasteiger partial charge on any atom is -0.424 e. The summed E-state index contributed by atoms with van der Waals surface area (Å²) in [6, 6.07) is 0. The van der Waals surface area contributed by atoms with E-state index in [-0.39, 0.29) is 17.7 Å². The SMILES string of the molecule is CCc1ncc(C(=N)OC(=N)C(C)C)s1. The van der Waals surface area contributed by atoms with E-state index < -0.39 is 0 Å². The van der Waals surface area contributed by atoms with Crippen molar-refractivity contribution in [2.45, 2.75) is 27.2 Å². The quantitative estimate of drug-likeness (QED) is 0.613. The van der Waals surface area contributed by atoms with Crippen molar-refractivity contribution in [1.82, 2.24) is 4.98 Å². The van der Waals surface area contributed by atoms with E-state index in [1.807, 2.05) is 20.8 Å². The Bertz CT molecular complexity index is 370. The van der Waals surface area contributed by atoms with Crippen LogP contribution in [-0.4, -0.2) is 16.8 Å². The van der Waals surface area contributed by atoms with E-state index in [4.69, 9.17) is 15.6 Å². The third kappa shape index (κ3) is 3.13. The summed E-state index contributed by atoms with van der Waals surface area (Å²) < 4.78 is 5.09. The molecule has 1 aromatic heterocycles. The van der Waals surface area contributed by atoms with Crippen LogP contribution in [0.4, 0.5) is 0 Å². The molecular formula is C10H15N3OS. The van der Waals surface area contributed by atoms with Crippen LogP contribution in [-0.2, 0) is 11.2 Å². The number of nitrogens with zero attached hydrogens (tertiary/aromatic N) is 1. The topological polar surface area (TPSA) is 69.8 Å². The zero-order chi connectivity index (χ0) is 11.4. The van der Waals surface area contributed by atoms with Crippen LogP contribution >= 0.6 is 11.3 Å². The Morgan fingerprint density at radius 1 is 1.53 bits per heavy atom. The molecule has 0 amide bonds. The van der Waals surface area contributed by atoms with E-state index in [0.29, 0.717) is 4.88 Å². The van der Waals surface area contributed by atoms with Crippen LogP contribution in [0.3, 0.4) is 0 Å². The van der Waals surface area contributed by atoms with Gasteiger partial charge in [-0.3, -0.25) is 10.8 Å². The number of hydrogen-bond donors (Lipinski definition) is 2. The lowest BCUT2D eigenvalue weighted by molar-refractivity contribution is 0.492. The summed E-state index contributed by atoms with van der Waals surface area (Å²) in [7, 11) is 0. The average molecular weight is 225 g/mol. The van der Waals surface area contributed by atoms with Crippen molar-refractivity contribution in [3.05, 3.63) is 16.1 Å². The number of hydrogen-bond acceptors (Lipinski definition) is 5. The highest BCUT2D eigenvalue weighted by Gasteiger charge is 2.12. The van der Waals surface area contributed by atoms with Gasteiger partial charge in [-0.25, -0.2) is 4.98 Å². The molecule has 0 saturated carbocycles. The number of aryl methyl sites for hydroxylation is 1. The Morgan fingerprint density at radius 3 is 2.67 bits per heavy atom. The van der Waals surface area contributed by atoms with Crippen LogP contribution in [0.5, 0.6) is 0 Å². The third-order valence-corrected chi connectivity index (χ3v) is 2.96. The van der Waals surface area contributed by atoms with Gasteiger partial charge in [-0.2, -0.15) is 0 Å². The van der Waals surface area contributed by atoms with E-state index in [1.165, 1.54) is 11.3 Å². The number of thiazole rings is 1. The Hall–Kier alpha value is -1.23. The maximum Gasteiger partial charge on any atom is 0.232 e. The van der Waals surface area contributed by atoms with Crippen molar-refractivity contribution in [3.63, 3.8) is 0 Å². The number of aromatic nitrogens is 1. The first kappa shape index (κ1) is 11.8. The van der Waals surface area contributed by atoms with Gasteiger partial charge in [0.25, 0.3) is 0 Å². The number of rotatable bonds is 3. The van der Waals surface area contributed by atoms with E-state index >= 15 is 0 Å². The van der Waals surface area contributed by atoms with Crippen LogP contribution in [0.1, 0.15) is 30.7 Å². The second kappa shape index (κ2) is 5.02. The molecule has 1 rings (SSSR count). The molecule has 2 N–H and O–H groups in total. The normalized spacial score (nSPS) is 10.4. The fourth-order valence-electron chi connectivity index (χ4n) is 0.857. The molecule has 0 aliphatic carbocycles. The van der Waals surface area contributed by atoms with E-state index in [2.05, 4.69) is 4.98 Å². The van der Waals surface area contributed by atoms with E-state index in [1.54, 1.807) is 6.20 Å². The van der Waals surface area contributed by atoms with Gasteiger partial charge in [0.05, 0.1) is 11.2 Å². The minimum absolute atomic E-state index is 0.00363. The summed E-state index contributed by atoms with van der Waals surface area (Å²) in [5.41, 5.74) is 0. The first-order valence-corrected chi connectivity index (χ1v) is 5.66. The van der Waals surface area contributed by atoms with Gasteiger partial charge < -0.3 is 4.74 Å². The summed E-state index contributed by atoms with van der Waals surface area (Å²) >= 11 is 1.44. The zero-order valence-electron chi connectivity index (χ0n) is 9.13. The molecule has 0 aliphatic rings. The van der Waals surface area contributed by atoms with Crippen molar-refractivity contribution in [2.24, 2.45) is 5.92 Å². The van der Waals surface area contributed by atoms with Crippen molar-refractivity contribution >= 4 is 23.1 Å². The van der Waals surface area contributed by atoms with Gasteiger partial charge in [0, 0.05) is 5.92 Å². The summed E-state index contributed by atoms with van der Waals surface area (Å²) in [6.45, 7) is 5.74. The fourth-order valence-corrected chi connectivity index (χ4v) is 1.60. The molecule has 82 valence electrons. The molecule has 4 nitrogen and oxygen atoms in total. The Morgan fingerprint density at radius 2 is 2.20 bits per heavy atom. The monoisotopic (exact) mass is 225 g/mol. The molecule has 1 aromatic rings. The van der Waals surface area contributed by atoms with Crippen molar-refractivity contribution in [1.29, 1.82) is 10.8 Å². The molecular weight excluding hydrogens is 210 g/mol. The first-order valence-electron chi connectivity index (χ1n) is 4.84. The van der Waals surface area contributed by atoms with Crippen molar-refractivity contribution < 1.29 is 4.74 Å². The van der Waals surface area contributed by atoms with Crippen LogP contribution in [0, 0.1) is 16.7 Å². The lowest BCUT2D eigenvalue weighted by Gasteiger charge is -2.08. The number of nitrogens with one attached hydrogen (secondary N) is 2. The standard InChI is InChI=1S/C10H15N3OS/c1-4-8-13-5-7(15-8)10(12)14-9(11)6(2)3/h5-6,11-12H,4H2,1-3H3.